The zero-order valence-corrected chi connectivity index (χ0v) is 22.7. The van der Waals surface area contributed by atoms with Gasteiger partial charge in [0.05, 0.1) is 13.0 Å². The smallest absolute Gasteiger partial charge is 0.309 e. The third-order valence-electron chi connectivity index (χ3n) is 6.63. The van der Waals surface area contributed by atoms with Crippen LogP contribution in [0.3, 0.4) is 0 Å². The minimum atomic E-state index is -0.733. The van der Waals surface area contributed by atoms with Crippen LogP contribution in [-0.4, -0.2) is 48.8 Å². The van der Waals surface area contributed by atoms with Crippen molar-refractivity contribution in [3.63, 3.8) is 0 Å². The van der Waals surface area contributed by atoms with E-state index in [4.69, 9.17) is 23.7 Å². The molecule has 1 aliphatic carbocycles. The number of esters is 2. The number of rotatable bonds is 13. The molecule has 9 heteroatoms. The summed E-state index contributed by atoms with van der Waals surface area (Å²) in [5, 5.41) is 0. The molecule has 2 aromatic rings. The number of hydrogen-bond donors (Lipinski definition) is 0. The first-order chi connectivity index (χ1) is 18.2. The van der Waals surface area contributed by atoms with Crippen LogP contribution < -0.4 is 14.2 Å². The predicted octanol–water partition coefficient (Wildman–Crippen LogP) is 5.08. The van der Waals surface area contributed by atoms with Gasteiger partial charge >= 0.3 is 11.9 Å². The van der Waals surface area contributed by atoms with Crippen molar-refractivity contribution in [2.75, 3.05) is 13.9 Å². The number of carbonyl (C=O) groups is 3. The second kappa shape index (κ2) is 13.8. The van der Waals surface area contributed by atoms with Crippen LogP contribution in [0.25, 0.3) is 0 Å². The Morgan fingerprint density at radius 3 is 2.37 bits per heavy atom. The fourth-order valence-electron chi connectivity index (χ4n) is 4.56. The number of pyridine rings is 1. The highest BCUT2D eigenvalue weighted by molar-refractivity contribution is 5.99. The fourth-order valence-corrected chi connectivity index (χ4v) is 4.56. The summed E-state index contributed by atoms with van der Waals surface area (Å²) in [6, 6.07) is 9.35. The monoisotopic (exact) mass is 527 g/mol. The molecule has 1 fully saturated rings. The van der Waals surface area contributed by atoms with Crippen molar-refractivity contribution in [2.24, 2.45) is 11.8 Å². The zero-order chi connectivity index (χ0) is 27.7. The largest absolute Gasteiger partial charge is 0.493 e. The molecule has 1 heterocycles. The molecule has 1 aliphatic rings. The molecule has 38 heavy (non-hydrogen) atoms. The molecule has 0 aliphatic heterocycles. The molecule has 0 radical (unpaired) electrons. The Morgan fingerprint density at radius 1 is 1.05 bits per heavy atom. The number of nitrogens with zero attached hydrogens (tertiary/aromatic N) is 1. The number of ether oxygens (including phenoxy) is 5. The van der Waals surface area contributed by atoms with Crippen molar-refractivity contribution < 1.29 is 38.1 Å². The minimum absolute atomic E-state index is 0.0178. The third-order valence-corrected chi connectivity index (χ3v) is 6.63. The van der Waals surface area contributed by atoms with Gasteiger partial charge in [0.2, 0.25) is 6.79 Å². The van der Waals surface area contributed by atoms with E-state index in [9.17, 15) is 14.4 Å². The first-order valence-corrected chi connectivity index (χ1v) is 13.0. The third kappa shape index (κ3) is 7.94. The van der Waals surface area contributed by atoms with E-state index in [0.717, 1.165) is 37.0 Å². The van der Waals surface area contributed by atoms with Gasteiger partial charge in [-0.2, -0.15) is 0 Å². The molecule has 0 saturated heterocycles. The maximum Gasteiger partial charge on any atom is 0.309 e. The van der Waals surface area contributed by atoms with E-state index in [1.54, 1.807) is 6.92 Å². The van der Waals surface area contributed by atoms with Gasteiger partial charge in [-0.05, 0) is 44.7 Å². The number of hydrogen-bond acceptors (Lipinski definition) is 9. The Labute approximate surface area is 223 Å². The van der Waals surface area contributed by atoms with Crippen LogP contribution in [-0.2, 0) is 19.1 Å². The van der Waals surface area contributed by atoms with Crippen molar-refractivity contribution in [1.82, 2.24) is 4.98 Å². The van der Waals surface area contributed by atoms with E-state index in [1.807, 2.05) is 38.1 Å². The van der Waals surface area contributed by atoms with Gasteiger partial charge in [-0.1, -0.05) is 37.5 Å². The molecule has 1 aromatic heterocycles. The Balaban J connectivity index is 1.66. The Kier molecular flexibility index (Phi) is 10.5. The minimum Gasteiger partial charge on any atom is -0.493 e. The van der Waals surface area contributed by atoms with E-state index < -0.39 is 36.5 Å². The Hall–Kier alpha value is -3.62. The molecular weight excluding hydrogens is 490 g/mol. The lowest BCUT2D eigenvalue weighted by Crippen LogP contribution is -2.40. The van der Waals surface area contributed by atoms with Crippen molar-refractivity contribution in [2.45, 2.75) is 72.0 Å². The quantitative estimate of drug-likeness (QED) is 0.200. The molecule has 0 N–H and O–H groups in total. The normalized spacial score (nSPS) is 15.7. The van der Waals surface area contributed by atoms with Crippen LogP contribution in [0.5, 0.6) is 17.2 Å². The second-order valence-electron chi connectivity index (χ2n) is 9.70. The van der Waals surface area contributed by atoms with E-state index >= 15 is 0 Å². The number of aryl methyl sites for hydroxylation is 1. The summed E-state index contributed by atoms with van der Waals surface area (Å²) in [7, 11) is 1.42. The summed E-state index contributed by atoms with van der Waals surface area (Å²) in [5.74, 6) is -0.863. The summed E-state index contributed by atoms with van der Waals surface area (Å²) >= 11 is 0. The SMILES string of the molecule is COc1ccnc(C(=O)C[C@@H](C)C(=O)O[C@@H](C)[C@H](Oc2ccc(C)cc2)C2CCCC2)c1OCOC(C)=O. The summed E-state index contributed by atoms with van der Waals surface area (Å²) in [6.45, 7) is 6.33. The number of aromatic nitrogens is 1. The molecule has 0 amide bonds. The van der Waals surface area contributed by atoms with Crippen LogP contribution in [0.4, 0.5) is 0 Å². The molecule has 9 nitrogen and oxygen atoms in total. The van der Waals surface area contributed by atoms with Gasteiger partial charge < -0.3 is 23.7 Å². The number of Topliss-reactive ketones (excluding diaryl/α,β-unsaturated/α-hetero) is 1. The van der Waals surface area contributed by atoms with Gasteiger partial charge in [0.15, 0.2) is 23.0 Å². The average molecular weight is 528 g/mol. The van der Waals surface area contributed by atoms with Crippen LogP contribution >= 0.6 is 0 Å². The molecule has 206 valence electrons. The highest BCUT2D eigenvalue weighted by atomic mass is 16.7. The lowest BCUT2D eigenvalue weighted by atomic mass is 9.96. The molecule has 1 aromatic carbocycles. The van der Waals surface area contributed by atoms with Gasteiger partial charge in [0.1, 0.15) is 18.0 Å². The molecule has 1 saturated carbocycles. The molecule has 0 spiro atoms. The molecular formula is C29H37NO8. The Morgan fingerprint density at radius 2 is 1.74 bits per heavy atom. The number of benzene rings is 1. The van der Waals surface area contributed by atoms with Gasteiger partial charge in [-0.15, -0.1) is 0 Å². The first kappa shape index (κ1) is 28.9. The van der Waals surface area contributed by atoms with E-state index in [1.165, 1.54) is 26.3 Å². The second-order valence-corrected chi connectivity index (χ2v) is 9.70. The van der Waals surface area contributed by atoms with Crippen molar-refractivity contribution in [1.29, 1.82) is 0 Å². The first-order valence-electron chi connectivity index (χ1n) is 13.0. The summed E-state index contributed by atoms with van der Waals surface area (Å²) < 4.78 is 27.7. The lowest BCUT2D eigenvalue weighted by molar-refractivity contribution is -0.158. The molecule has 0 unspecified atom stereocenters. The molecule has 0 bridgehead atoms. The summed E-state index contributed by atoms with van der Waals surface area (Å²) in [4.78, 5) is 41.3. The van der Waals surface area contributed by atoms with Crippen LogP contribution in [0.15, 0.2) is 36.5 Å². The maximum atomic E-state index is 13.1. The lowest BCUT2D eigenvalue weighted by Gasteiger charge is -2.30. The van der Waals surface area contributed by atoms with Gasteiger partial charge in [0.25, 0.3) is 0 Å². The summed E-state index contributed by atoms with van der Waals surface area (Å²) in [6.07, 6.45) is 4.76. The highest BCUT2D eigenvalue weighted by Crippen LogP contribution is 2.34. The van der Waals surface area contributed by atoms with Crippen molar-refractivity contribution in [3.05, 3.63) is 47.8 Å². The van der Waals surface area contributed by atoms with Crippen molar-refractivity contribution >= 4 is 17.7 Å². The van der Waals surface area contributed by atoms with Gasteiger partial charge in [-0.3, -0.25) is 14.4 Å². The van der Waals surface area contributed by atoms with Crippen LogP contribution in [0.1, 0.15) is 68.9 Å². The number of carbonyl (C=O) groups excluding carboxylic acids is 3. The fraction of sp³-hybridized carbons (Fsp3) is 0.517. The van der Waals surface area contributed by atoms with E-state index in [-0.39, 0.29) is 35.6 Å². The zero-order valence-electron chi connectivity index (χ0n) is 22.7. The highest BCUT2D eigenvalue weighted by Gasteiger charge is 2.34. The van der Waals surface area contributed by atoms with Crippen molar-refractivity contribution in [3.8, 4) is 17.2 Å². The van der Waals surface area contributed by atoms with Gasteiger partial charge in [0, 0.05) is 25.6 Å². The van der Waals surface area contributed by atoms with Gasteiger partial charge in [-0.25, -0.2) is 4.98 Å². The number of ketones is 1. The maximum absolute atomic E-state index is 13.1. The van der Waals surface area contributed by atoms with E-state index in [2.05, 4.69) is 4.98 Å². The topological polar surface area (TPSA) is 110 Å². The predicted molar refractivity (Wildman–Crippen MR) is 139 cm³/mol. The van der Waals surface area contributed by atoms with E-state index in [0.29, 0.717) is 0 Å². The number of methoxy groups -OCH3 is 1. The average Bonchev–Trinajstić information content (AvgIpc) is 3.42. The molecule has 3 rings (SSSR count). The Bertz CT molecular complexity index is 1090. The van der Waals surface area contributed by atoms with Crippen LogP contribution in [0, 0.1) is 18.8 Å². The summed E-state index contributed by atoms with van der Waals surface area (Å²) in [5.41, 5.74) is 1.12. The molecule has 3 atom stereocenters. The van der Waals surface area contributed by atoms with Crippen LogP contribution in [0.2, 0.25) is 0 Å². The standard InChI is InChI=1S/C29H37NO8/c1-18-10-12-23(13-11-18)38-27(22-8-6-7-9-22)20(3)37-29(33)19(2)16-24(32)26-28(36-17-35-21(4)31)25(34-5)14-15-30-26/h10-15,19-20,22,27H,6-9,16-17H2,1-5H3/t19-,20+,27+/m1/s1.